The quantitative estimate of drug-likeness (QED) is 0.828. The normalized spacial score (nSPS) is 27.1. The van der Waals surface area contributed by atoms with Crippen LogP contribution in [0.5, 0.6) is 0 Å². The summed E-state index contributed by atoms with van der Waals surface area (Å²) in [5, 5.41) is 0. The molecule has 0 amide bonds. The molecular formula is C20H24N2. The zero-order valence-electron chi connectivity index (χ0n) is 13.6. The van der Waals surface area contributed by atoms with Gasteiger partial charge in [-0.25, -0.2) is 0 Å². The lowest BCUT2D eigenvalue weighted by Gasteiger charge is -2.34. The van der Waals surface area contributed by atoms with Crippen molar-refractivity contribution < 1.29 is 0 Å². The van der Waals surface area contributed by atoms with Crippen molar-refractivity contribution >= 4 is 0 Å². The molecule has 0 N–H and O–H groups in total. The van der Waals surface area contributed by atoms with Crippen molar-refractivity contribution in [2.45, 2.75) is 38.5 Å². The molecule has 0 spiro atoms. The van der Waals surface area contributed by atoms with Gasteiger partial charge in [0.2, 0.25) is 0 Å². The van der Waals surface area contributed by atoms with Crippen molar-refractivity contribution in [2.75, 3.05) is 19.6 Å². The van der Waals surface area contributed by atoms with E-state index in [-0.39, 0.29) is 0 Å². The highest BCUT2D eigenvalue weighted by Crippen LogP contribution is 2.42. The van der Waals surface area contributed by atoms with Gasteiger partial charge in [0.05, 0.1) is 5.69 Å². The average molecular weight is 292 g/mol. The van der Waals surface area contributed by atoms with Crippen LogP contribution in [0.15, 0.2) is 36.5 Å². The number of hydrogen-bond acceptors (Lipinski definition) is 2. The molecule has 2 bridgehead atoms. The monoisotopic (exact) mass is 292 g/mol. The largest absolute Gasteiger partial charge is 0.302 e. The molecule has 2 aromatic rings. The molecule has 2 unspecified atom stereocenters. The van der Waals surface area contributed by atoms with Gasteiger partial charge in [0.1, 0.15) is 0 Å². The number of hydrogen-bond donors (Lipinski definition) is 0. The molecule has 22 heavy (non-hydrogen) atoms. The number of piperidine rings is 1. The van der Waals surface area contributed by atoms with Gasteiger partial charge in [-0.05, 0) is 70.0 Å². The van der Waals surface area contributed by atoms with E-state index in [1.807, 2.05) is 0 Å². The summed E-state index contributed by atoms with van der Waals surface area (Å²) < 4.78 is 0. The van der Waals surface area contributed by atoms with Gasteiger partial charge in [0.25, 0.3) is 0 Å². The fourth-order valence-electron chi connectivity index (χ4n) is 4.38. The van der Waals surface area contributed by atoms with E-state index >= 15 is 0 Å². The molecule has 0 radical (unpaired) electrons. The summed E-state index contributed by atoms with van der Waals surface area (Å²) in [5.74, 6) is 0. The molecule has 2 saturated heterocycles. The predicted molar refractivity (Wildman–Crippen MR) is 91.1 cm³/mol. The Bertz CT molecular complexity index is 665. The fourth-order valence-corrected chi connectivity index (χ4v) is 4.38. The average Bonchev–Trinajstić information content (AvgIpc) is 2.82. The van der Waals surface area contributed by atoms with Crippen molar-refractivity contribution in [3.05, 3.63) is 53.2 Å². The first kappa shape index (κ1) is 14.0. The molecule has 3 heterocycles. The minimum absolute atomic E-state index is 0.381. The predicted octanol–water partition coefficient (Wildman–Crippen LogP) is 4.10. The van der Waals surface area contributed by atoms with Crippen LogP contribution in [-0.2, 0) is 5.41 Å². The SMILES string of the molecule is Cc1cc(C)cc(-c2ccc(C34CCCN(CC3)C4)cn2)c1. The second-order valence-electron chi connectivity index (χ2n) is 7.22. The van der Waals surface area contributed by atoms with Crippen molar-refractivity contribution in [3.8, 4) is 11.3 Å². The van der Waals surface area contributed by atoms with E-state index in [0.29, 0.717) is 5.41 Å². The van der Waals surface area contributed by atoms with E-state index in [1.54, 1.807) is 0 Å². The van der Waals surface area contributed by atoms with Crippen LogP contribution in [0.1, 0.15) is 36.0 Å². The number of aromatic nitrogens is 1. The Kier molecular flexibility index (Phi) is 3.30. The van der Waals surface area contributed by atoms with Crippen molar-refractivity contribution in [1.29, 1.82) is 0 Å². The molecule has 2 aliphatic heterocycles. The smallest absolute Gasteiger partial charge is 0.0702 e. The fraction of sp³-hybridized carbons (Fsp3) is 0.450. The summed E-state index contributed by atoms with van der Waals surface area (Å²) in [6, 6.07) is 11.2. The van der Waals surface area contributed by atoms with Gasteiger partial charge in [-0.15, -0.1) is 0 Å². The molecule has 2 heteroatoms. The van der Waals surface area contributed by atoms with Crippen LogP contribution in [0.25, 0.3) is 11.3 Å². The van der Waals surface area contributed by atoms with E-state index in [4.69, 9.17) is 4.98 Å². The maximum Gasteiger partial charge on any atom is 0.0702 e. The van der Waals surface area contributed by atoms with Gasteiger partial charge in [-0.1, -0.05) is 23.3 Å². The summed E-state index contributed by atoms with van der Waals surface area (Å²) in [6.07, 6.45) is 6.10. The Morgan fingerprint density at radius 2 is 1.82 bits per heavy atom. The Hall–Kier alpha value is -1.67. The molecule has 114 valence electrons. The third-order valence-electron chi connectivity index (χ3n) is 5.46. The topological polar surface area (TPSA) is 16.1 Å². The zero-order valence-corrected chi connectivity index (χ0v) is 13.6. The Balaban J connectivity index is 1.66. The number of benzene rings is 1. The van der Waals surface area contributed by atoms with Gasteiger partial charge in [-0.2, -0.15) is 0 Å². The molecule has 4 rings (SSSR count). The van der Waals surface area contributed by atoms with Gasteiger partial charge < -0.3 is 4.90 Å². The first-order valence-electron chi connectivity index (χ1n) is 8.42. The minimum Gasteiger partial charge on any atom is -0.302 e. The van der Waals surface area contributed by atoms with E-state index < -0.39 is 0 Å². The van der Waals surface area contributed by atoms with Crippen LogP contribution in [0.3, 0.4) is 0 Å². The van der Waals surface area contributed by atoms with Gasteiger partial charge in [-0.3, -0.25) is 4.98 Å². The van der Waals surface area contributed by atoms with E-state index in [2.05, 4.69) is 55.3 Å². The minimum atomic E-state index is 0.381. The molecule has 2 aliphatic rings. The molecule has 1 aromatic heterocycles. The zero-order chi connectivity index (χ0) is 15.2. The van der Waals surface area contributed by atoms with E-state index in [9.17, 15) is 0 Å². The van der Waals surface area contributed by atoms with Crippen molar-refractivity contribution in [1.82, 2.24) is 9.88 Å². The summed E-state index contributed by atoms with van der Waals surface area (Å²) in [7, 11) is 0. The first-order valence-corrected chi connectivity index (χ1v) is 8.42. The van der Waals surface area contributed by atoms with Gasteiger partial charge in [0.15, 0.2) is 0 Å². The summed E-state index contributed by atoms with van der Waals surface area (Å²) >= 11 is 0. The summed E-state index contributed by atoms with van der Waals surface area (Å²) in [4.78, 5) is 7.41. The van der Waals surface area contributed by atoms with Crippen LogP contribution in [0.2, 0.25) is 0 Å². The molecule has 2 fully saturated rings. The number of rotatable bonds is 2. The lowest BCUT2D eigenvalue weighted by atomic mass is 9.75. The Labute approximate surface area is 133 Å². The van der Waals surface area contributed by atoms with E-state index in [0.717, 1.165) is 5.69 Å². The molecule has 0 aliphatic carbocycles. The first-order chi connectivity index (χ1) is 10.6. The third kappa shape index (κ3) is 2.36. The highest BCUT2D eigenvalue weighted by Gasteiger charge is 2.42. The Morgan fingerprint density at radius 1 is 1.00 bits per heavy atom. The molecule has 0 saturated carbocycles. The summed E-state index contributed by atoms with van der Waals surface area (Å²) in [5.41, 5.74) is 6.77. The summed E-state index contributed by atoms with van der Waals surface area (Å²) in [6.45, 7) is 8.09. The highest BCUT2D eigenvalue weighted by molar-refractivity contribution is 5.61. The highest BCUT2D eigenvalue weighted by atomic mass is 15.2. The van der Waals surface area contributed by atoms with Crippen LogP contribution in [0, 0.1) is 13.8 Å². The van der Waals surface area contributed by atoms with Crippen LogP contribution in [0.4, 0.5) is 0 Å². The number of pyridine rings is 1. The van der Waals surface area contributed by atoms with Gasteiger partial charge >= 0.3 is 0 Å². The number of fused-ring (bicyclic) bond motifs is 2. The third-order valence-corrected chi connectivity index (χ3v) is 5.46. The Morgan fingerprint density at radius 3 is 2.55 bits per heavy atom. The molecule has 1 aromatic carbocycles. The van der Waals surface area contributed by atoms with Gasteiger partial charge in [0, 0.05) is 23.7 Å². The van der Waals surface area contributed by atoms with Crippen molar-refractivity contribution in [3.63, 3.8) is 0 Å². The maximum absolute atomic E-state index is 4.80. The second kappa shape index (κ2) is 5.20. The number of aryl methyl sites for hydroxylation is 2. The standard InChI is InChI=1S/C20H24N2/c1-15-10-16(2)12-17(11-15)19-5-4-18(13-21-19)20-6-3-8-22(14-20)9-7-20/h4-5,10-13H,3,6-9,14H2,1-2H3. The molecule has 2 atom stereocenters. The van der Waals surface area contributed by atoms with Crippen LogP contribution < -0.4 is 0 Å². The van der Waals surface area contributed by atoms with Crippen LogP contribution >= 0.6 is 0 Å². The van der Waals surface area contributed by atoms with Crippen LogP contribution in [-0.4, -0.2) is 29.5 Å². The van der Waals surface area contributed by atoms with Crippen molar-refractivity contribution in [2.24, 2.45) is 0 Å². The second-order valence-corrected chi connectivity index (χ2v) is 7.22. The molecular weight excluding hydrogens is 268 g/mol. The maximum atomic E-state index is 4.80. The number of nitrogens with zero attached hydrogens (tertiary/aromatic N) is 2. The lowest BCUT2D eigenvalue weighted by molar-refractivity contribution is 0.243. The lowest BCUT2D eigenvalue weighted by Crippen LogP contribution is -2.36. The van der Waals surface area contributed by atoms with E-state index in [1.165, 1.54) is 61.2 Å². The molecule has 2 nitrogen and oxygen atoms in total.